The Kier molecular flexibility index (Phi) is 11.6. The highest BCUT2D eigenvalue weighted by Gasteiger charge is 2.16. The van der Waals surface area contributed by atoms with Crippen LogP contribution in [-0.2, 0) is 12.8 Å². The van der Waals surface area contributed by atoms with Gasteiger partial charge >= 0.3 is 0 Å². The number of hydrogen-bond acceptors (Lipinski definition) is 6. The maximum atomic E-state index is 6.15. The van der Waals surface area contributed by atoms with Gasteiger partial charge in [-0.1, -0.05) is 51.2 Å². The van der Waals surface area contributed by atoms with E-state index < -0.39 is 0 Å². The Balaban J connectivity index is 1.18. The monoisotopic (exact) mass is 599 g/mol. The predicted molar refractivity (Wildman–Crippen MR) is 180 cm³/mol. The molecule has 3 aromatic heterocycles. The molecular formula is C36H47N4O2S+. The Labute approximate surface area is 260 Å². The zero-order chi connectivity index (χ0) is 29.9. The molecule has 0 radical (unpaired) electrons. The number of quaternary nitrogens is 1. The van der Waals surface area contributed by atoms with Crippen LogP contribution in [-0.4, -0.2) is 29.6 Å². The van der Waals surface area contributed by atoms with Crippen molar-refractivity contribution in [1.82, 2.24) is 9.97 Å². The fourth-order valence-electron chi connectivity index (χ4n) is 5.68. The summed E-state index contributed by atoms with van der Waals surface area (Å²) in [6.07, 6.45) is 17.8. The van der Waals surface area contributed by atoms with Crippen LogP contribution < -0.4 is 10.6 Å². The molecule has 5 aromatic rings. The fourth-order valence-corrected chi connectivity index (χ4v) is 6.54. The standard InChI is InChI=1S/C36H46N4O2S/c1-3-5-6-7-8-9-13-27-15-17-31-29(25-27)38-35(41-31)33-19-20-34(43-33)36-39-30-26-28(16-18-32(30)42-36)14-10-11-23-40(22-4-2)24-12-21-37/h4,15-20,22,25-26H,3,5-14,21,23-24,37H2,1-2H3/p+1/b22-4-. The van der Waals surface area contributed by atoms with Gasteiger partial charge in [-0.3, -0.25) is 0 Å². The first kappa shape index (κ1) is 31.2. The summed E-state index contributed by atoms with van der Waals surface area (Å²) in [5, 5.41) is 0. The van der Waals surface area contributed by atoms with Gasteiger partial charge in [-0.05, 0) is 99.2 Å². The van der Waals surface area contributed by atoms with E-state index in [0.29, 0.717) is 11.8 Å². The average molecular weight is 600 g/mol. The van der Waals surface area contributed by atoms with Crippen molar-refractivity contribution < 1.29 is 13.7 Å². The third-order valence-corrected chi connectivity index (χ3v) is 9.13. The molecule has 0 saturated heterocycles. The molecule has 0 aliphatic heterocycles. The summed E-state index contributed by atoms with van der Waals surface area (Å²) in [6.45, 7) is 7.35. The number of aryl methyl sites for hydroxylation is 2. The molecule has 0 fully saturated rings. The van der Waals surface area contributed by atoms with Crippen molar-refractivity contribution in [3.05, 3.63) is 71.9 Å². The van der Waals surface area contributed by atoms with Crippen molar-refractivity contribution in [3.63, 3.8) is 0 Å². The van der Waals surface area contributed by atoms with E-state index in [2.05, 4.69) is 68.6 Å². The Bertz CT molecular complexity index is 1600. The van der Waals surface area contributed by atoms with Gasteiger partial charge in [0.1, 0.15) is 11.0 Å². The zero-order valence-electron chi connectivity index (χ0n) is 25.9. The van der Waals surface area contributed by atoms with E-state index in [1.165, 1.54) is 61.0 Å². The van der Waals surface area contributed by atoms with Crippen molar-refractivity contribution in [3.8, 4) is 21.5 Å². The van der Waals surface area contributed by atoms with Crippen LogP contribution in [0.4, 0.5) is 0 Å². The van der Waals surface area contributed by atoms with Crippen LogP contribution in [0.3, 0.4) is 0 Å². The van der Waals surface area contributed by atoms with Crippen LogP contribution in [0.25, 0.3) is 43.7 Å². The van der Waals surface area contributed by atoms with Crippen molar-refractivity contribution in [2.45, 2.75) is 84.5 Å². The minimum Gasteiger partial charge on any atom is -0.435 e. The lowest BCUT2D eigenvalue weighted by Crippen LogP contribution is -3.07. The summed E-state index contributed by atoms with van der Waals surface area (Å²) in [4.78, 5) is 13.1. The molecule has 1 atom stereocenters. The molecule has 0 aliphatic rings. The Hall–Kier alpha value is -3.26. The van der Waals surface area contributed by atoms with Crippen LogP contribution in [0.1, 0.15) is 82.8 Å². The van der Waals surface area contributed by atoms with E-state index in [1.54, 1.807) is 11.3 Å². The summed E-state index contributed by atoms with van der Waals surface area (Å²) < 4.78 is 12.3. The second-order valence-electron chi connectivity index (χ2n) is 11.6. The van der Waals surface area contributed by atoms with Gasteiger partial charge in [-0.15, -0.1) is 11.3 Å². The molecule has 3 N–H and O–H groups in total. The summed E-state index contributed by atoms with van der Waals surface area (Å²) in [6, 6.07) is 16.9. The van der Waals surface area contributed by atoms with Gasteiger partial charge in [0.2, 0.25) is 11.8 Å². The Morgan fingerprint density at radius 3 is 1.86 bits per heavy atom. The molecule has 3 heterocycles. The number of fused-ring (bicyclic) bond motifs is 2. The first-order chi connectivity index (χ1) is 21.2. The number of thiophene rings is 1. The van der Waals surface area contributed by atoms with Gasteiger partial charge in [-0.2, -0.15) is 0 Å². The fraction of sp³-hybridized carbons (Fsp3) is 0.444. The largest absolute Gasteiger partial charge is 0.435 e. The van der Waals surface area contributed by atoms with Crippen molar-refractivity contribution >= 4 is 33.5 Å². The van der Waals surface area contributed by atoms with E-state index in [1.807, 2.05) is 6.07 Å². The summed E-state index contributed by atoms with van der Waals surface area (Å²) in [5.41, 5.74) is 11.8. The van der Waals surface area contributed by atoms with Crippen molar-refractivity contribution in [2.75, 3.05) is 19.6 Å². The second-order valence-corrected chi connectivity index (χ2v) is 12.7. The molecular weight excluding hydrogens is 552 g/mol. The minimum atomic E-state index is 0.645. The third-order valence-electron chi connectivity index (χ3n) is 8.07. The minimum absolute atomic E-state index is 0.645. The van der Waals surface area contributed by atoms with Crippen molar-refractivity contribution in [1.29, 1.82) is 0 Å². The van der Waals surface area contributed by atoms with Crippen LogP contribution in [0.2, 0.25) is 0 Å². The predicted octanol–water partition coefficient (Wildman–Crippen LogP) is 8.36. The van der Waals surface area contributed by atoms with Gasteiger partial charge in [0, 0.05) is 6.42 Å². The molecule has 0 amide bonds. The summed E-state index contributed by atoms with van der Waals surface area (Å²) in [5.74, 6) is 1.30. The second kappa shape index (κ2) is 16.0. The molecule has 0 bridgehead atoms. The average Bonchev–Trinajstić information content (AvgIpc) is 3.77. The SMILES string of the molecule is C/C=C\[NH+](CCCN)CCCCc1ccc2oc(-c3ccc(-c4nc5cc(CCCCCCCC)ccc5o4)s3)nc2c1. The number of allylic oxidation sites excluding steroid dienone is 1. The topological polar surface area (TPSA) is 82.5 Å². The van der Waals surface area contributed by atoms with Crippen LogP contribution in [0.5, 0.6) is 0 Å². The van der Waals surface area contributed by atoms with Gasteiger partial charge in [0.05, 0.1) is 29.0 Å². The van der Waals surface area contributed by atoms with Crippen LogP contribution in [0, 0.1) is 0 Å². The summed E-state index contributed by atoms with van der Waals surface area (Å²) >= 11 is 1.60. The molecule has 6 nitrogen and oxygen atoms in total. The number of nitrogens with zero attached hydrogens (tertiary/aromatic N) is 2. The lowest BCUT2D eigenvalue weighted by molar-refractivity contribution is -0.847. The third kappa shape index (κ3) is 8.65. The molecule has 5 rings (SSSR count). The number of aromatic nitrogens is 2. The Morgan fingerprint density at radius 2 is 1.28 bits per heavy atom. The maximum Gasteiger partial charge on any atom is 0.237 e. The highest BCUT2D eigenvalue weighted by Crippen LogP contribution is 2.36. The molecule has 228 valence electrons. The van der Waals surface area contributed by atoms with Gasteiger partial charge < -0.3 is 19.5 Å². The number of nitrogens with one attached hydrogen (secondary N) is 1. The van der Waals surface area contributed by atoms with E-state index >= 15 is 0 Å². The molecule has 0 saturated carbocycles. The number of benzene rings is 2. The van der Waals surface area contributed by atoms with Crippen LogP contribution in [0.15, 0.2) is 69.6 Å². The van der Waals surface area contributed by atoms with Crippen LogP contribution >= 0.6 is 11.3 Å². The molecule has 2 aromatic carbocycles. The lowest BCUT2D eigenvalue weighted by atomic mass is 10.0. The highest BCUT2D eigenvalue weighted by atomic mass is 32.1. The molecule has 7 heteroatoms. The van der Waals surface area contributed by atoms with E-state index in [0.717, 1.165) is 77.3 Å². The molecule has 0 spiro atoms. The van der Waals surface area contributed by atoms with Gasteiger partial charge in [0.15, 0.2) is 11.2 Å². The number of nitrogens with two attached hydrogens (primary N) is 1. The first-order valence-electron chi connectivity index (χ1n) is 16.2. The number of rotatable bonds is 18. The molecule has 1 unspecified atom stereocenters. The molecule has 43 heavy (non-hydrogen) atoms. The number of hydrogen-bond donors (Lipinski definition) is 2. The van der Waals surface area contributed by atoms with Gasteiger partial charge in [-0.25, -0.2) is 9.97 Å². The van der Waals surface area contributed by atoms with E-state index in [9.17, 15) is 0 Å². The molecule has 0 aliphatic carbocycles. The lowest BCUT2D eigenvalue weighted by Gasteiger charge is -2.14. The smallest absolute Gasteiger partial charge is 0.237 e. The summed E-state index contributed by atoms with van der Waals surface area (Å²) in [7, 11) is 0. The van der Waals surface area contributed by atoms with E-state index in [-0.39, 0.29) is 0 Å². The van der Waals surface area contributed by atoms with E-state index in [4.69, 9.17) is 24.5 Å². The normalized spacial score (nSPS) is 12.7. The quantitative estimate of drug-likeness (QED) is 0.0989. The Morgan fingerprint density at radius 1 is 0.721 bits per heavy atom. The number of oxazole rings is 2. The highest BCUT2D eigenvalue weighted by molar-refractivity contribution is 7.18. The zero-order valence-corrected chi connectivity index (χ0v) is 26.7. The maximum absolute atomic E-state index is 6.15. The number of unbranched alkanes of at least 4 members (excludes halogenated alkanes) is 6. The first-order valence-corrected chi connectivity index (χ1v) is 17.1. The van der Waals surface area contributed by atoms with Gasteiger partial charge in [0.25, 0.3) is 0 Å². The van der Waals surface area contributed by atoms with Crippen molar-refractivity contribution in [2.24, 2.45) is 5.73 Å².